The van der Waals surface area contributed by atoms with Crippen LogP contribution in [-0.4, -0.2) is 74.8 Å². The number of carbonyl (C=O) groups excluding carboxylic acids is 1. The van der Waals surface area contributed by atoms with Crippen molar-refractivity contribution in [3.63, 3.8) is 0 Å². The van der Waals surface area contributed by atoms with Gasteiger partial charge in [0.1, 0.15) is 18.3 Å². The monoisotopic (exact) mass is 628 g/mol. The number of fused-ring (bicyclic) bond motifs is 3. The van der Waals surface area contributed by atoms with E-state index in [1.807, 2.05) is 12.2 Å². The molecular weight excluding hydrogens is 572 g/mol. The lowest BCUT2D eigenvalue weighted by atomic mass is 9.91. The molecule has 4 aliphatic heterocycles. The summed E-state index contributed by atoms with van der Waals surface area (Å²) in [5.41, 5.74) is 2.32. The molecule has 44 heavy (non-hydrogen) atoms. The van der Waals surface area contributed by atoms with E-state index in [1.54, 1.807) is 0 Å². The van der Waals surface area contributed by atoms with E-state index in [9.17, 15) is 9.90 Å². The standard InChI is InChI=1S/C36H56O7Si/c1-24-17-18-39-28(20-24)15-16-31(43-44(7,8)36(4,5)6)32-23-33-35(42-33)30(37)22-26(3)19-25(2)21-29-13-9-11-27(40-29)12-10-14-34(38)41-32/h9-11,14-17,25,27-33,35,37H,3,12-13,18-23H2,1-2,4-8H3/b14-10-,16-15+/t25-,27-,28+,29-,30-,31-,32-,33-,35-/m0/s1. The molecule has 0 amide bonds. The molecule has 0 aromatic carbocycles. The number of cyclic esters (lactones) is 1. The zero-order chi connectivity index (χ0) is 32.1. The highest BCUT2D eigenvalue weighted by molar-refractivity contribution is 6.74. The second kappa shape index (κ2) is 15.2. The van der Waals surface area contributed by atoms with Gasteiger partial charge in [0.15, 0.2) is 8.32 Å². The second-order valence-electron chi connectivity index (χ2n) is 14.9. The van der Waals surface area contributed by atoms with Gasteiger partial charge in [-0.3, -0.25) is 0 Å². The fourth-order valence-corrected chi connectivity index (χ4v) is 7.34. The highest BCUT2D eigenvalue weighted by Crippen LogP contribution is 2.40. The molecule has 9 atom stereocenters. The van der Waals surface area contributed by atoms with Gasteiger partial charge in [0.05, 0.1) is 37.1 Å². The highest BCUT2D eigenvalue weighted by atomic mass is 28.4. The molecule has 7 nitrogen and oxygen atoms in total. The number of aliphatic hydroxyl groups excluding tert-OH is 1. The third-order valence-corrected chi connectivity index (χ3v) is 14.1. The van der Waals surface area contributed by atoms with Crippen molar-refractivity contribution in [1.29, 1.82) is 0 Å². The van der Waals surface area contributed by atoms with Gasteiger partial charge in [-0.05, 0) is 69.5 Å². The maximum absolute atomic E-state index is 13.3. The number of hydrogen-bond donors (Lipinski definition) is 1. The first-order chi connectivity index (χ1) is 20.7. The molecule has 0 spiro atoms. The molecule has 1 fully saturated rings. The van der Waals surface area contributed by atoms with Gasteiger partial charge in [-0.2, -0.15) is 0 Å². The van der Waals surface area contributed by atoms with Crippen LogP contribution >= 0.6 is 0 Å². The first kappa shape index (κ1) is 35.0. The molecular formula is C36H56O7Si. The van der Waals surface area contributed by atoms with E-state index < -0.39 is 32.6 Å². The van der Waals surface area contributed by atoms with Gasteiger partial charge >= 0.3 is 5.97 Å². The summed E-state index contributed by atoms with van der Waals surface area (Å²) in [4.78, 5) is 13.3. The number of epoxide rings is 1. The lowest BCUT2D eigenvalue weighted by Gasteiger charge is -2.40. The van der Waals surface area contributed by atoms with Gasteiger partial charge in [0.2, 0.25) is 0 Å². The number of carbonyl (C=O) groups is 1. The van der Waals surface area contributed by atoms with E-state index in [0.29, 0.717) is 31.8 Å². The number of ether oxygens (including phenoxy) is 4. The van der Waals surface area contributed by atoms with Crippen LogP contribution in [0.25, 0.3) is 0 Å². The number of hydrogen-bond acceptors (Lipinski definition) is 7. The van der Waals surface area contributed by atoms with E-state index in [4.69, 9.17) is 23.4 Å². The first-order valence-corrected chi connectivity index (χ1v) is 19.4. The summed E-state index contributed by atoms with van der Waals surface area (Å²) in [6.45, 7) is 20.2. The summed E-state index contributed by atoms with van der Waals surface area (Å²) in [5.74, 6) is -0.0267. The molecule has 1 N–H and O–H groups in total. The molecule has 1 saturated heterocycles. The summed E-state index contributed by atoms with van der Waals surface area (Å²) in [6, 6.07) is 0. The topological polar surface area (TPSA) is 86.8 Å². The maximum atomic E-state index is 13.3. The number of aliphatic hydroxyl groups is 1. The van der Waals surface area contributed by atoms with Crippen LogP contribution in [0, 0.1) is 5.92 Å². The normalized spacial score (nSPS) is 36.0. The Hall–Kier alpha value is -1.81. The largest absolute Gasteiger partial charge is 0.456 e. The molecule has 0 unspecified atom stereocenters. The van der Waals surface area contributed by atoms with Crippen molar-refractivity contribution in [3.05, 3.63) is 60.3 Å². The number of esters is 1. The van der Waals surface area contributed by atoms with Crippen molar-refractivity contribution in [3.8, 4) is 0 Å². The van der Waals surface area contributed by atoms with Gasteiger partial charge in [0.25, 0.3) is 0 Å². The van der Waals surface area contributed by atoms with E-state index in [1.165, 1.54) is 11.6 Å². The molecule has 0 saturated carbocycles. The van der Waals surface area contributed by atoms with Crippen LogP contribution in [0.1, 0.15) is 79.6 Å². The van der Waals surface area contributed by atoms with Crippen molar-refractivity contribution >= 4 is 14.3 Å². The summed E-state index contributed by atoms with van der Waals surface area (Å²) >= 11 is 0. The summed E-state index contributed by atoms with van der Waals surface area (Å²) in [6.07, 6.45) is 16.5. The highest BCUT2D eigenvalue weighted by Gasteiger charge is 2.48. The van der Waals surface area contributed by atoms with Crippen LogP contribution in [0.15, 0.2) is 60.3 Å². The Morgan fingerprint density at radius 2 is 1.89 bits per heavy atom. The predicted molar refractivity (Wildman–Crippen MR) is 177 cm³/mol. The Balaban J connectivity index is 1.59. The summed E-state index contributed by atoms with van der Waals surface area (Å²) in [5, 5.41) is 11.0. The Bertz CT molecular complexity index is 1120. The molecule has 4 heterocycles. The molecule has 0 aromatic rings. The minimum Gasteiger partial charge on any atom is -0.456 e. The van der Waals surface area contributed by atoms with Gasteiger partial charge < -0.3 is 28.5 Å². The molecule has 8 heteroatoms. The van der Waals surface area contributed by atoms with E-state index in [2.05, 4.69) is 78.6 Å². The van der Waals surface area contributed by atoms with Crippen LogP contribution in [0.3, 0.4) is 0 Å². The first-order valence-electron chi connectivity index (χ1n) is 16.5. The summed E-state index contributed by atoms with van der Waals surface area (Å²) in [7, 11) is -2.27. The molecule has 4 aliphatic rings. The fraction of sp³-hybridized carbons (Fsp3) is 0.694. The van der Waals surface area contributed by atoms with Crippen LogP contribution in [-0.2, 0) is 28.2 Å². The minimum absolute atomic E-state index is 0.0448. The van der Waals surface area contributed by atoms with Crippen molar-refractivity contribution in [2.24, 2.45) is 5.92 Å². The van der Waals surface area contributed by atoms with E-state index in [0.717, 1.165) is 31.3 Å². The van der Waals surface area contributed by atoms with E-state index in [-0.39, 0.29) is 35.6 Å². The van der Waals surface area contributed by atoms with Crippen LogP contribution < -0.4 is 0 Å². The zero-order valence-electron chi connectivity index (χ0n) is 28.0. The molecule has 246 valence electrons. The van der Waals surface area contributed by atoms with Gasteiger partial charge in [-0.15, -0.1) is 0 Å². The Morgan fingerprint density at radius 3 is 2.61 bits per heavy atom. The quantitative estimate of drug-likeness (QED) is 0.150. The van der Waals surface area contributed by atoms with Crippen molar-refractivity contribution in [2.45, 2.75) is 147 Å². The van der Waals surface area contributed by atoms with Crippen molar-refractivity contribution in [1.82, 2.24) is 0 Å². The smallest absolute Gasteiger partial charge is 0.330 e. The summed E-state index contributed by atoms with van der Waals surface area (Å²) < 4.78 is 31.4. The second-order valence-corrected chi connectivity index (χ2v) is 19.6. The van der Waals surface area contributed by atoms with Gasteiger partial charge in [-0.1, -0.05) is 81.9 Å². The maximum Gasteiger partial charge on any atom is 0.330 e. The average molecular weight is 629 g/mol. The zero-order valence-corrected chi connectivity index (χ0v) is 29.0. The predicted octanol–water partition coefficient (Wildman–Crippen LogP) is 7.13. The minimum atomic E-state index is -2.27. The van der Waals surface area contributed by atoms with Crippen LogP contribution in [0.5, 0.6) is 0 Å². The Morgan fingerprint density at radius 1 is 1.11 bits per heavy atom. The van der Waals surface area contributed by atoms with Crippen LogP contribution in [0.4, 0.5) is 0 Å². The van der Waals surface area contributed by atoms with Gasteiger partial charge in [-0.25, -0.2) is 4.79 Å². The molecule has 0 aliphatic carbocycles. The van der Waals surface area contributed by atoms with Gasteiger partial charge in [0, 0.05) is 12.5 Å². The van der Waals surface area contributed by atoms with Crippen molar-refractivity contribution in [2.75, 3.05) is 6.61 Å². The lowest BCUT2D eigenvalue weighted by Crippen LogP contribution is -2.47. The average Bonchev–Trinajstić information content (AvgIpc) is 3.69. The molecule has 2 bridgehead atoms. The fourth-order valence-electron chi connectivity index (χ4n) is 6.07. The molecule has 0 aromatic heterocycles. The van der Waals surface area contributed by atoms with Crippen molar-refractivity contribution < 1.29 is 33.3 Å². The Labute approximate surface area is 266 Å². The Kier molecular flexibility index (Phi) is 12.1. The third kappa shape index (κ3) is 10.4. The molecule has 0 radical (unpaired) electrons. The molecule has 4 rings (SSSR count). The van der Waals surface area contributed by atoms with E-state index >= 15 is 0 Å². The number of rotatable bonds is 5. The third-order valence-electron chi connectivity index (χ3n) is 9.66. The lowest BCUT2D eigenvalue weighted by molar-refractivity contribution is -0.147. The van der Waals surface area contributed by atoms with Crippen LogP contribution in [0.2, 0.25) is 18.1 Å². The SMILES string of the molecule is C=C1C[C@H](C)C[C@@H]2CC=C[C@@H](C/C=C\C(=O)O[C@H]([C@H](/C=C/[C@@H]3CC(C)=CCO3)O[Si](C)(C)C(C)(C)C)C[C@@H]3O[C@H]3[C@@H](O)C1)O2.